The molecule has 2 amide bonds. The molecule has 0 saturated heterocycles. The van der Waals surface area contributed by atoms with Crippen LogP contribution in [0.25, 0.3) is 6.08 Å². The van der Waals surface area contributed by atoms with Crippen LogP contribution in [0, 0.1) is 0 Å². The number of halogens is 1. The fourth-order valence-corrected chi connectivity index (χ4v) is 2.27. The molecule has 82 valence electrons. The summed E-state index contributed by atoms with van der Waals surface area (Å²) < 4.78 is 1.03. The maximum Gasteiger partial charge on any atom is 0.339 e. The van der Waals surface area contributed by atoms with Crippen LogP contribution in [0.4, 0.5) is 4.79 Å². The van der Waals surface area contributed by atoms with Gasteiger partial charge in [-0.1, -0.05) is 6.08 Å². The minimum atomic E-state index is -0.862. The Morgan fingerprint density at radius 1 is 1.73 bits per heavy atom. The zero-order valence-electron chi connectivity index (χ0n) is 8.05. The lowest BCUT2D eigenvalue weighted by Crippen LogP contribution is -2.38. The van der Waals surface area contributed by atoms with Crippen LogP contribution in [0.15, 0.2) is 22.0 Å². The second-order valence-corrected chi connectivity index (χ2v) is 5.42. The summed E-state index contributed by atoms with van der Waals surface area (Å²) in [7, 11) is 0. The maximum absolute atomic E-state index is 10.6. The number of nitrogens with two attached hydrogens (primary N) is 1. The number of carbonyl (C=O) groups is 1. The fourth-order valence-electron chi connectivity index (χ4n) is 0.934. The van der Waals surface area contributed by atoms with Crippen molar-refractivity contribution in [3.8, 4) is 0 Å². The van der Waals surface area contributed by atoms with E-state index in [9.17, 15) is 10.0 Å². The molecule has 15 heavy (non-hydrogen) atoms. The monoisotopic (exact) mass is 290 g/mol. The molecule has 0 saturated carbocycles. The summed E-state index contributed by atoms with van der Waals surface area (Å²) >= 11 is 4.91. The third-order valence-electron chi connectivity index (χ3n) is 1.74. The highest BCUT2D eigenvalue weighted by Gasteiger charge is 2.11. The lowest BCUT2D eigenvalue weighted by molar-refractivity contribution is -0.0560. The Morgan fingerprint density at radius 3 is 2.87 bits per heavy atom. The van der Waals surface area contributed by atoms with Gasteiger partial charge in [-0.05, 0) is 41.1 Å². The smallest absolute Gasteiger partial charge is 0.339 e. The van der Waals surface area contributed by atoms with E-state index in [4.69, 9.17) is 5.73 Å². The van der Waals surface area contributed by atoms with Crippen LogP contribution < -0.4 is 5.73 Å². The van der Waals surface area contributed by atoms with Crippen molar-refractivity contribution in [2.24, 2.45) is 5.73 Å². The molecule has 1 aromatic heterocycles. The van der Waals surface area contributed by atoms with E-state index < -0.39 is 12.1 Å². The van der Waals surface area contributed by atoms with Gasteiger partial charge in [-0.2, -0.15) is 5.06 Å². The highest BCUT2D eigenvalue weighted by atomic mass is 79.9. The van der Waals surface area contributed by atoms with Crippen molar-refractivity contribution in [1.82, 2.24) is 5.06 Å². The first-order valence-corrected chi connectivity index (χ1v) is 5.82. The molecule has 1 rings (SSSR count). The SMILES string of the molecule is CC(C=Cc1ccc(Br)s1)N(O)C(N)=O. The largest absolute Gasteiger partial charge is 0.350 e. The molecule has 0 radical (unpaired) electrons. The maximum atomic E-state index is 10.6. The summed E-state index contributed by atoms with van der Waals surface area (Å²) in [6.45, 7) is 1.67. The van der Waals surface area contributed by atoms with E-state index in [1.807, 2.05) is 18.2 Å². The first-order valence-electron chi connectivity index (χ1n) is 4.22. The molecule has 6 heteroatoms. The number of thiophene rings is 1. The summed E-state index contributed by atoms with van der Waals surface area (Å²) in [5.41, 5.74) is 4.91. The molecule has 1 aromatic rings. The van der Waals surface area contributed by atoms with Crippen molar-refractivity contribution in [2.75, 3.05) is 0 Å². The second-order valence-electron chi connectivity index (χ2n) is 2.92. The number of hydrogen-bond acceptors (Lipinski definition) is 3. The Kier molecular flexibility index (Phi) is 4.31. The minimum absolute atomic E-state index is 0.441. The molecule has 0 aliphatic carbocycles. The average molecular weight is 291 g/mol. The zero-order chi connectivity index (χ0) is 11.4. The standard InChI is InChI=1S/C9H11BrN2O2S/c1-6(12(14)9(11)13)2-3-7-4-5-8(10)15-7/h2-6,14H,1H3,(H2,11,13). The predicted molar refractivity (Wildman–Crippen MR) is 63.7 cm³/mol. The Labute approximate surface area is 100 Å². The Hall–Kier alpha value is -0.850. The van der Waals surface area contributed by atoms with Crippen LogP contribution in [-0.2, 0) is 0 Å². The van der Waals surface area contributed by atoms with Gasteiger partial charge < -0.3 is 5.73 Å². The molecule has 0 bridgehead atoms. The molecular weight excluding hydrogens is 280 g/mol. The topological polar surface area (TPSA) is 66.6 Å². The molecule has 1 unspecified atom stereocenters. The quantitative estimate of drug-likeness (QED) is 0.664. The van der Waals surface area contributed by atoms with Crippen LogP contribution in [-0.4, -0.2) is 22.3 Å². The first kappa shape index (κ1) is 12.2. The summed E-state index contributed by atoms with van der Waals surface area (Å²) in [4.78, 5) is 11.6. The lowest BCUT2D eigenvalue weighted by Gasteiger charge is -2.16. The van der Waals surface area contributed by atoms with Crippen LogP contribution in [0.5, 0.6) is 0 Å². The Bertz CT molecular complexity index is 378. The van der Waals surface area contributed by atoms with E-state index in [0.717, 1.165) is 8.66 Å². The summed E-state index contributed by atoms with van der Waals surface area (Å²) in [6, 6.07) is 2.56. The van der Waals surface area contributed by atoms with E-state index in [0.29, 0.717) is 5.06 Å². The zero-order valence-corrected chi connectivity index (χ0v) is 10.5. The van der Waals surface area contributed by atoms with Crippen LogP contribution in [0.2, 0.25) is 0 Å². The van der Waals surface area contributed by atoms with Crippen LogP contribution >= 0.6 is 27.3 Å². The van der Waals surface area contributed by atoms with Crippen LogP contribution in [0.3, 0.4) is 0 Å². The number of carbonyl (C=O) groups excluding carboxylic acids is 1. The van der Waals surface area contributed by atoms with E-state index in [1.54, 1.807) is 24.3 Å². The van der Waals surface area contributed by atoms with Gasteiger partial charge in [0.2, 0.25) is 0 Å². The van der Waals surface area contributed by atoms with Gasteiger partial charge in [0.15, 0.2) is 0 Å². The van der Waals surface area contributed by atoms with E-state index in [-0.39, 0.29) is 0 Å². The molecule has 0 aliphatic heterocycles. The van der Waals surface area contributed by atoms with E-state index in [1.165, 1.54) is 0 Å². The van der Waals surface area contributed by atoms with Gasteiger partial charge in [0.05, 0.1) is 9.83 Å². The van der Waals surface area contributed by atoms with Crippen molar-refractivity contribution in [1.29, 1.82) is 0 Å². The Morgan fingerprint density at radius 2 is 2.40 bits per heavy atom. The molecule has 0 aromatic carbocycles. The van der Waals surface area contributed by atoms with Crippen molar-refractivity contribution in [3.05, 3.63) is 26.9 Å². The third-order valence-corrected chi connectivity index (χ3v) is 3.33. The van der Waals surface area contributed by atoms with Gasteiger partial charge in [-0.25, -0.2) is 4.79 Å². The van der Waals surface area contributed by atoms with Crippen molar-refractivity contribution >= 4 is 39.4 Å². The summed E-state index contributed by atoms with van der Waals surface area (Å²) in [6.07, 6.45) is 3.52. The van der Waals surface area contributed by atoms with Gasteiger partial charge in [0, 0.05) is 4.88 Å². The number of primary amides is 1. The summed E-state index contributed by atoms with van der Waals surface area (Å²) in [5.74, 6) is 0. The number of rotatable bonds is 3. The predicted octanol–water partition coefficient (Wildman–Crippen LogP) is 2.68. The third kappa shape index (κ3) is 3.65. The van der Waals surface area contributed by atoms with Crippen molar-refractivity contribution in [3.63, 3.8) is 0 Å². The van der Waals surface area contributed by atoms with Crippen molar-refractivity contribution < 1.29 is 10.0 Å². The van der Waals surface area contributed by atoms with Gasteiger partial charge in [0.1, 0.15) is 0 Å². The molecule has 0 spiro atoms. The number of nitrogens with zero attached hydrogens (tertiary/aromatic N) is 1. The lowest BCUT2D eigenvalue weighted by atomic mass is 10.3. The van der Waals surface area contributed by atoms with E-state index >= 15 is 0 Å². The number of hydrogen-bond donors (Lipinski definition) is 2. The van der Waals surface area contributed by atoms with Gasteiger partial charge in [-0.15, -0.1) is 11.3 Å². The van der Waals surface area contributed by atoms with E-state index in [2.05, 4.69) is 15.9 Å². The molecular formula is C9H11BrN2O2S. The molecule has 1 heterocycles. The van der Waals surface area contributed by atoms with Crippen LogP contribution in [0.1, 0.15) is 11.8 Å². The fraction of sp³-hybridized carbons (Fsp3) is 0.222. The van der Waals surface area contributed by atoms with Crippen molar-refractivity contribution in [2.45, 2.75) is 13.0 Å². The van der Waals surface area contributed by atoms with Gasteiger partial charge in [-0.3, -0.25) is 5.21 Å². The molecule has 4 nitrogen and oxygen atoms in total. The second kappa shape index (κ2) is 5.29. The first-order chi connectivity index (χ1) is 7.00. The highest BCUT2D eigenvalue weighted by Crippen LogP contribution is 2.23. The number of urea groups is 1. The highest BCUT2D eigenvalue weighted by molar-refractivity contribution is 9.11. The average Bonchev–Trinajstić information content (AvgIpc) is 2.59. The number of hydroxylamine groups is 2. The minimum Gasteiger partial charge on any atom is -0.350 e. The Balaban J connectivity index is 2.61. The summed E-state index contributed by atoms with van der Waals surface area (Å²) in [5, 5.41) is 9.67. The van der Waals surface area contributed by atoms with Gasteiger partial charge in [0.25, 0.3) is 0 Å². The van der Waals surface area contributed by atoms with Gasteiger partial charge >= 0.3 is 6.03 Å². The molecule has 0 aliphatic rings. The molecule has 0 fully saturated rings. The number of amides is 2. The molecule has 1 atom stereocenters. The molecule has 3 N–H and O–H groups in total. The normalized spacial score (nSPS) is 13.0.